The molecule has 1 aromatic heterocycles. The molecule has 0 aliphatic rings. The predicted molar refractivity (Wildman–Crippen MR) is 66.3 cm³/mol. The van der Waals surface area contributed by atoms with Gasteiger partial charge < -0.3 is 15.7 Å². The molecule has 1 aromatic rings. The van der Waals surface area contributed by atoms with E-state index >= 15 is 0 Å². The average Bonchev–Trinajstić information content (AvgIpc) is 2.75. The van der Waals surface area contributed by atoms with Gasteiger partial charge in [-0.1, -0.05) is 6.92 Å². The third-order valence-corrected chi connectivity index (χ3v) is 3.10. The molecule has 0 saturated heterocycles. The second-order valence-electron chi connectivity index (χ2n) is 3.52. The maximum absolute atomic E-state index is 11.2. The molecule has 0 bridgehead atoms. The fourth-order valence-electron chi connectivity index (χ4n) is 1.21. The SMILES string of the molecule is CCCNC(=O)CNCc1ccc(C(=O)O)s1. The largest absolute Gasteiger partial charge is 0.477 e. The van der Waals surface area contributed by atoms with E-state index in [4.69, 9.17) is 5.11 Å². The third-order valence-electron chi connectivity index (χ3n) is 2.03. The fraction of sp³-hybridized carbons (Fsp3) is 0.455. The summed E-state index contributed by atoms with van der Waals surface area (Å²) in [5, 5.41) is 14.5. The number of aromatic carboxylic acids is 1. The van der Waals surface area contributed by atoms with Crippen LogP contribution in [0.15, 0.2) is 12.1 Å². The van der Waals surface area contributed by atoms with E-state index in [-0.39, 0.29) is 12.5 Å². The van der Waals surface area contributed by atoms with Crippen LogP contribution in [0.25, 0.3) is 0 Å². The number of nitrogens with one attached hydrogen (secondary N) is 2. The minimum atomic E-state index is -0.915. The topological polar surface area (TPSA) is 78.4 Å². The lowest BCUT2D eigenvalue weighted by atomic mass is 10.4. The molecule has 1 amide bonds. The molecule has 0 aliphatic carbocycles. The van der Waals surface area contributed by atoms with Crippen LogP contribution in [0.2, 0.25) is 0 Å². The minimum Gasteiger partial charge on any atom is -0.477 e. The van der Waals surface area contributed by atoms with Crippen LogP contribution in [0.5, 0.6) is 0 Å². The van der Waals surface area contributed by atoms with Gasteiger partial charge in [-0.2, -0.15) is 0 Å². The molecule has 17 heavy (non-hydrogen) atoms. The Labute approximate surface area is 104 Å². The first-order chi connectivity index (χ1) is 8.13. The Morgan fingerprint density at radius 3 is 2.76 bits per heavy atom. The number of amides is 1. The van der Waals surface area contributed by atoms with Crippen molar-refractivity contribution in [2.24, 2.45) is 0 Å². The molecule has 0 spiro atoms. The summed E-state index contributed by atoms with van der Waals surface area (Å²) in [6, 6.07) is 3.33. The van der Waals surface area contributed by atoms with Gasteiger partial charge in [-0.15, -0.1) is 11.3 Å². The highest BCUT2D eigenvalue weighted by Gasteiger charge is 2.06. The molecule has 6 heteroatoms. The molecular formula is C11H16N2O3S. The van der Waals surface area contributed by atoms with Gasteiger partial charge in [0.25, 0.3) is 0 Å². The Balaban J connectivity index is 2.26. The average molecular weight is 256 g/mol. The number of carbonyl (C=O) groups is 2. The molecule has 1 rings (SSSR count). The number of hydrogen-bond donors (Lipinski definition) is 3. The second kappa shape index (κ2) is 7.03. The van der Waals surface area contributed by atoms with Gasteiger partial charge in [-0.3, -0.25) is 4.79 Å². The Morgan fingerprint density at radius 2 is 2.18 bits per heavy atom. The summed E-state index contributed by atoms with van der Waals surface area (Å²) < 4.78 is 0. The molecular weight excluding hydrogens is 240 g/mol. The minimum absolute atomic E-state index is 0.0399. The van der Waals surface area contributed by atoms with Crippen LogP contribution in [-0.4, -0.2) is 30.1 Å². The lowest BCUT2D eigenvalue weighted by Gasteiger charge is -2.04. The van der Waals surface area contributed by atoms with E-state index in [0.29, 0.717) is 18.0 Å². The molecule has 3 N–H and O–H groups in total. The molecule has 0 saturated carbocycles. The summed E-state index contributed by atoms with van der Waals surface area (Å²) in [5.41, 5.74) is 0. The highest BCUT2D eigenvalue weighted by molar-refractivity contribution is 7.13. The van der Waals surface area contributed by atoms with Crippen LogP contribution in [0.1, 0.15) is 27.9 Å². The zero-order chi connectivity index (χ0) is 12.7. The van der Waals surface area contributed by atoms with Crippen molar-refractivity contribution in [3.63, 3.8) is 0 Å². The normalized spacial score (nSPS) is 10.2. The molecule has 0 aromatic carbocycles. The lowest BCUT2D eigenvalue weighted by Crippen LogP contribution is -2.33. The summed E-state index contributed by atoms with van der Waals surface area (Å²) in [6.45, 7) is 3.44. The van der Waals surface area contributed by atoms with E-state index in [1.807, 2.05) is 6.92 Å². The van der Waals surface area contributed by atoms with Crippen molar-refractivity contribution < 1.29 is 14.7 Å². The predicted octanol–water partition coefficient (Wildman–Crippen LogP) is 1.06. The standard InChI is InChI=1S/C11H16N2O3S/c1-2-5-13-10(14)7-12-6-8-3-4-9(17-8)11(15)16/h3-4,12H,2,5-7H2,1H3,(H,13,14)(H,15,16). The molecule has 5 nitrogen and oxygen atoms in total. The number of hydrogen-bond acceptors (Lipinski definition) is 4. The zero-order valence-corrected chi connectivity index (χ0v) is 10.5. The highest BCUT2D eigenvalue weighted by atomic mass is 32.1. The third kappa shape index (κ3) is 4.97. The number of carboxylic acids is 1. The molecule has 0 aliphatic heterocycles. The molecule has 1 heterocycles. The zero-order valence-electron chi connectivity index (χ0n) is 9.66. The van der Waals surface area contributed by atoms with E-state index in [9.17, 15) is 9.59 Å². The lowest BCUT2D eigenvalue weighted by molar-refractivity contribution is -0.120. The van der Waals surface area contributed by atoms with Gasteiger partial charge in [0.1, 0.15) is 4.88 Å². The van der Waals surface area contributed by atoms with Crippen molar-refractivity contribution in [3.8, 4) is 0 Å². The number of rotatable bonds is 7. The summed E-state index contributed by atoms with van der Waals surface area (Å²) in [6.07, 6.45) is 0.915. The number of thiophene rings is 1. The first-order valence-electron chi connectivity index (χ1n) is 5.43. The van der Waals surface area contributed by atoms with Crippen LogP contribution in [0.4, 0.5) is 0 Å². The Morgan fingerprint density at radius 1 is 1.41 bits per heavy atom. The molecule has 0 fully saturated rings. The van der Waals surface area contributed by atoms with Crippen molar-refractivity contribution in [1.82, 2.24) is 10.6 Å². The summed E-state index contributed by atoms with van der Waals surface area (Å²) >= 11 is 1.22. The van der Waals surface area contributed by atoms with E-state index in [1.54, 1.807) is 12.1 Å². The van der Waals surface area contributed by atoms with Gasteiger partial charge in [-0.05, 0) is 18.6 Å². The van der Waals surface area contributed by atoms with Gasteiger partial charge in [0.05, 0.1) is 6.54 Å². The van der Waals surface area contributed by atoms with E-state index in [2.05, 4.69) is 10.6 Å². The van der Waals surface area contributed by atoms with Crippen molar-refractivity contribution >= 4 is 23.2 Å². The molecule has 94 valence electrons. The smallest absolute Gasteiger partial charge is 0.345 e. The van der Waals surface area contributed by atoms with Crippen molar-refractivity contribution in [1.29, 1.82) is 0 Å². The van der Waals surface area contributed by atoms with E-state index < -0.39 is 5.97 Å². The summed E-state index contributed by atoms with van der Waals surface area (Å²) in [5.74, 6) is -0.955. The van der Waals surface area contributed by atoms with Gasteiger partial charge >= 0.3 is 5.97 Å². The molecule has 0 radical (unpaired) electrons. The fourth-order valence-corrected chi connectivity index (χ4v) is 2.03. The van der Waals surface area contributed by atoms with Gasteiger partial charge in [0.2, 0.25) is 5.91 Å². The van der Waals surface area contributed by atoms with Crippen LogP contribution in [0, 0.1) is 0 Å². The van der Waals surface area contributed by atoms with E-state index in [0.717, 1.165) is 11.3 Å². The molecule has 0 atom stereocenters. The van der Waals surface area contributed by atoms with Crippen molar-refractivity contribution in [2.45, 2.75) is 19.9 Å². The number of carboxylic acid groups (broad SMARTS) is 1. The van der Waals surface area contributed by atoms with Gasteiger partial charge in [-0.25, -0.2) is 4.79 Å². The monoisotopic (exact) mass is 256 g/mol. The first kappa shape index (κ1) is 13.7. The second-order valence-corrected chi connectivity index (χ2v) is 4.69. The summed E-state index contributed by atoms with van der Waals surface area (Å²) in [7, 11) is 0. The quantitative estimate of drug-likeness (QED) is 0.681. The first-order valence-corrected chi connectivity index (χ1v) is 6.24. The van der Waals surface area contributed by atoms with E-state index in [1.165, 1.54) is 11.3 Å². The maximum Gasteiger partial charge on any atom is 0.345 e. The van der Waals surface area contributed by atoms with Crippen LogP contribution < -0.4 is 10.6 Å². The van der Waals surface area contributed by atoms with Crippen LogP contribution in [-0.2, 0) is 11.3 Å². The van der Waals surface area contributed by atoms with Crippen molar-refractivity contribution in [2.75, 3.05) is 13.1 Å². The maximum atomic E-state index is 11.2. The summed E-state index contributed by atoms with van der Waals surface area (Å²) in [4.78, 5) is 23.1. The van der Waals surface area contributed by atoms with Gasteiger partial charge in [0, 0.05) is 18.0 Å². The molecule has 0 unspecified atom stereocenters. The van der Waals surface area contributed by atoms with Crippen molar-refractivity contribution in [3.05, 3.63) is 21.9 Å². The Kier molecular flexibility index (Phi) is 5.65. The highest BCUT2D eigenvalue weighted by Crippen LogP contribution is 2.15. The Bertz CT molecular complexity index is 390. The van der Waals surface area contributed by atoms with Crippen LogP contribution >= 0.6 is 11.3 Å². The van der Waals surface area contributed by atoms with Crippen LogP contribution in [0.3, 0.4) is 0 Å². The Hall–Kier alpha value is -1.40. The van der Waals surface area contributed by atoms with Gasteiger partial charge in [0.15, 0.2) is 0 Å². The number of carbonyl (C=O) groups excluding carboxylic acids is 1.